The lowest BCUT2D eigenvalue weighted by Crippen LogP contribution is -2.28. The van der Waals surface area contributed by atoms with Crippen molar-refractivity contribution in [3.8, 4) is 0 Å². The van der Waals surface area contributed by atoms with Crippen LogP contribution in [-0.2, 0) is 19.1 Å². The van der Waals surface area contributed by atoms with E-state index in [1.54, 1.807) is 0 Å². The van der Waals surface area contributed by atoms with E-state index >= 15 is 0 Å². The molecule has 0 saturated heterocycles. The summed E-state index contributed by atoms with van der Waals surface area (Å²) in [7, 11) is 0. The molecule has 0 saturated carbocycles. The lowest BCUT2D eigenvalue weighted by atomic mass is 10.0. The van der Waals surface area contributed by atoms with Crippen molar-refractivity contribution in [3.63, 3.8) is 0 Å². The van der Waals surface area contributed by atoms with Crippen molar-refractivity contribution in [2.75, 3.05) is 13.2 Å². The second kappa shape index (κ2) is 70.8. The number of ether oxygens (including phenoxy) is 2. The van der Waals surface area contributed by atoms with Gasteiger partial charge in [0.1, 0.15) is 6.61 Å². The normalized spacial score (nSPS) is 13.3. The fraction of sp³-hybridized carbons (Fsp3) is 0.636. The molecule has 0 aromatic heterocycles. The van der Waals surface area contributed by atoms with E-state index in [4.69, 9.17) is 9.47 Å². The summed E-state index contributed by atoms with van der Waals surface area (Å²) in [5.74, 6) is -0.643. The summed E-state index contributed by atoms with van der Waals surface area (Å²) in [6.07, 6.45) is 108. The summed E-state index contributed by atoms with van der Waals surface area (Å²) in [4.78, 5) is 24.6. The predicted octanol–water partition coefficient (Wildman–Crippen LogP) is 23.9. The Kier molecular flexibility index (Phi) is 66.9. The molecular formula is C77H126O5. The zero-order chi connectivity index (χ0) is 59.1. The number of aliphatic hydroxyl groups is 1. The topological polar surface area (TPSA) is 72.8 Å². The summed E-state index contributed by atoms with van der Waals surface area (Å²) in [6, 6.07) is 0. The highest BCUT2D eigenvalue weighted by molar-refractivity contribution is 5.70. The van der Waals surface area contributed by atoms with Gasteiger partial charge in [0.25, 0.3) is 0 Å². The second-order valence-corrected chi connectivity index (χ2v) is 22.2. The number of unbranched alkanes of at least 4 members (excludes halogenated alkanes) is 27. The highest BCUT2D eigenvalue weighted by Crippen LogP contribution is 2.16. The van der Waals surface area contributed by atoms with E-state index in [1.165, 1.54) is 154 Å². The van der Waals surface area contributed by atoms with E-state index in [2.05, 4.69) is 172 Å². The number of hydrogen-bond donors (Lipinski definition) is 1. The van der Waals surface area contributed by atoms with Crippen molar-refractivity contribution < 1.29 is 24.2 Å². The first kappa shape index (κ1) is 77.5. The molecule has 5 heteroatoms. The van der Waals surface area contributed by atoms with Crippen LogP contribution < -0.4 is 0 Å². The Bertz CT molecular complexity index is 1760. The molecule has 0 aliphatic heterocycles. The number of hydrogen-bond acceptors (Lipinski definition) is 5. The van der Waals surface area contributed by atoms with Crippen molar-refractivity contribution in [1.82, 2.24) is 0 Å². The molecule has 1 atom stereocenters. The fourth-order valence-electron chi connectivity index (χ4n) is 9.24. The number of carbonyl (C=O) groups excluding carboxylic acids is 2. The van der Waals surface area contributed by atoms with Crippen LogP contribution in [0.3, 0.4) is 0 Å². The van der Waals surface area contributed by atoms with E-state index in [9.17, 15) is 14.7 Å². The zero-order valence-corrected chi connectivity index (χ0v) is 53.2. The van der Waals surface area contributed by atoms with Gasteiger partial charge < -0.3 is 14.6 Å². The second-order valence-electron chi connectivity index (χ2n) is 22.2. The third-order valence-electron chi connectivity index (χ3n) is 14.3. The standard InChI is InChI=1S/C77H126O5/c1-3-5-7-9-11-13-15-17-19-21-23-25-27-29-31-33-34-35-36-37-38-39-40-41-42-44-46-48-50-52-54-56-58-60-62-64-66-68-70-72-77(80)82-75(73-78)74-81-76(79)71-69-67-65-63-61-59-57-55-53-51-49-47-45-43-32-30-28-26-24-22-20-18-16-14-12-10-8-6-4-2/h5,7,11,13,17,19,22-25,29,31,34-35,37-38,40-41,44,46,50,52,56,58,62,64,75,78H,3-4,6,8-10,12,14-16,18,20-21,26-28,30,32-33,36,39,42-43,45,47-49,51,53-55,57,59-61,63,65-74H2,1-2H3/b7-5-,13-11-,19-17-,24-22-,25-23-,31-29-,35-34-,38-37-,41-40-,46-44-,52-50-,58-56-,64-62-. The van der Waals surface area contributed by atoms with Crippen molar-refractivity contribution >= 4 is 11.9 Å². The lowest BCUT2D eigenvalue weighted by Gasteiger charge is -2.15. The summed E-state index contributed by atoms with van der Waals surface area (Å²) < 4.78 is 10.7. The maximum atomic E-state index is 12.3. The number of aliphatic hydroxyl groups excluding tert-OH is 1. The Labute approximate surface area is 507 Å². The number of allylic oxidation sites excluding steroid dienone is 26. The van der Waals surface area contributed by atoms with Gasteiger partial charge >= 0.3 is 11.9 Å². The van der Waals surface area contributed by atoms with Gasteiger partial charge in [0.15, 0.2) is 6.10 Å². The smallest absolute Gasteiger partial charge is 0.306 e. The summed E-state index contributed by atoms with van der Waals surface area (Å²) in [5.41, 5.74) is 0. The number of carbonyl (C=O) groups is 2. The first-order valence-electron chi connectivity index (χ1n) is 34.0. The van der Waals surface area contributed by atoms with E-state index in [0.29, 0.717) is 19.3 Å². The minimum atomic E-state index is -0.807. The molecule has 0 aromatic rings. The summed E-state index contributed by atoms with van der Waals surface area (Å²) in [6.45, 7) is 4.01. The van der Waals surface area contributed by atoms with Crippen LogP contribution in [0.2, 0.25) is 0 Å². The molecule has 0 heterocycles. The van der Waals surface area contributed by atoms with Crippen molar-refractivity contribution in [3.05, 3.63) is 158 Å². The SMILES string of the molecule is CC/C=C\C/C=C\C/C=C\C/C=C\C/C=C\C/C=C\C/C=C\C/C=C\C/C=C\C/C=C\C/C=C\C/C=C\CCCCC(=O)OC(CO)COC(=O)CCCCCCCCCCCCCCCCCCC/C=C\CCCCCCCCCC. The van der Waals surface area contributed by atoms with Gasteiger partial charge in [0, 0.05) is 12.8 Å². The Morgan fingerprint density at radius 1 is 0.293 bits per heavy atom. The van der Waals surface area contributed by atoms with E-state index in [-0.39, 0.29) is 25.2 Å². The van der Waals surface area contributed by atoms with Gasteiger partial charge in [-0.2, -0.15) is 0 Å². The molecule has 1 unspecified atom stereocenters. The Hall–Kier alpha value is -4.48. The van der Waals surface area contributed by atoms with Crippen LogP contribution >= 0.6 is 0 Å². The molecule has 0 aromatic carbocycles. The van der Waals surface area contributed by atoms with E-state index < -0.39 is 6.10 Å². The average molecular weight is 1130 g/mol. The van der Waals surface area contributed by atoms with E-state index in [1.807, 2.05) is 0 Å². The van der Waals surface area contributed by atoms with Gasteiger partial charge in [0.2, 0.25) is 0 Å². The fourth-order valence-corrected chi connectivity index (χ4v) is 9.24. The third-order valence-corrected chi connectivity index (χ3v) is 14.3. The molecule has 82 heavy (non-hydrogen) atoms. The quantitative estimate of drug-likeness (QED) is 0.0373. The predicted molar refractivity (Wildman–Crippen MR) is 361 cm³/mol. The molecule has 0 amide bonds. The number of esters is 2. The largest absolute Gasteiger partial charge is 0.462 e. The highest BCUT2D eigenvalue weighted by Gasteiger charge is 2.16. The molecule has 0 spiro atoms. The molecule has 0 aliphatic carbocycles. The molecule has 0 bridgehead atoms. The van der Waals surface area contributed by atoms with Gasteiger partial charge in [-0.05, 0) is 128 Å². The van der Waals surface area contributed by atoms with Gasteiger partial charge in [-0.1, -0.05) is 313 Å². The van der Waals surface area contributed by atoms with Crippen LogP contribution in [-0.4, -0.2) is 36.4 Å². The van der Waals surface area contributed by atoms with Gasteiger partial charge in [0.05, 0.1) is 6.61 Å². The maximum Gasteiger partial charge on any atom is 0.306 e. The van der Waals surface area contributed by atoms with Gasteiger partial charge in [-0.3, -0.25) is 9.59 Å². The number of rotatable bonds is 61. The van der Waals surface area contributed by atoms with Crippen LogP contribution in [0.4, 0.5) is 0 Å². The molecular weight excluding hydrogens is 1000 g/mol. The van der Waals surface area contributed by atoms with Crippen LogP contribution in [0.25, 0.3) is 0 Å². The minimum Gasteiger partial charge on any atom is -0.462 e. The molecule has 464 valence electrons. The van der Waals surface area contributed by atoms with Crippen molar-refractivity contribution in [1.29, 1.82) is 0 Å². The maximum absolute atomic E-state index is 12.3. The average Bonchev–Trinajstić information content (AvgIpc) is 3.49. The molecule has 0 rings (SSSR count). The summed E-state index contributed by atoms with van der Waals surface area (Å²) >= 11 is 0. The van der Waals surface area contributed by atoms with Crippen molar-refractivity contribution in [2.24, 2.45) is 0 Å². The minimum absolute atomic E-state index is 0.0908. The van der Waals surface area contributed by atoms with Crippen molar-refractivity contribution in [2.45, 2.75) is 302 Å². The summed E-state index contributed by atoms with van der Waals surface area (Å²) in [5, 5.41) is 9.69. The Balaban J connectivity index is 3.62. The Morgan fingerprint density at radius 2 is 0.524 bits per heavy atom. The molecule has 5 nitrogen and oxygen atoms in total. The highest BCUT2D eigenvalue weighted by atomic mass is 16.6. The van der Waals surface area contributed by atoms with Crippen LogP contribution in [0.15, 0.2) is 158 Å². The lowest BCUT2D eigenvalue weighted by molar-refractivity contribution is -0.161. The zero-order valence-electron chi connectivity index (χ0n) is 53.2. The molecule has 0 radical (unpaired) electrons. The Morgan fingerprint density at radius 3 is 0.829 bits per heavy atom. The monoisotopic (exact) mass is 1130 g/mol. The molecule has 0 aliphatic rings. The first-order valence-corrected chi connectivity index (χ1v) is 34.0. The first-order chi connectivity index (χ1) is 40.6. The third kappa shape index (κ3) is 68.0. The van der Waals surface area contributed by atoms with Crippen LogP contribution in [0.1, 0.15) is 296 Å². The van der Waals surface area contributed by atoms with Crippen LogP contribution in [0, 0.1) is 0 Å². The van der Waals surface area contributed by atoms with Gasteiger partial charge in [-0.25, -0.2) is 0 Å². The molecule has 1 N–H and O–H groups in total. The van der Waals surface area contributed by atoms with E-state index in [0.717, 1.165) is 109 Å². The van der Waals surface area contributed by atoms with Crippen LogP contribution in [0.5, 0.6) is 0 Å². The molecule has 0 fully saturated rings. The van der Waals surface area contributed by atoms with Gasteiger partial charge in [-0.15, -0.1) is 0 Å².